The number of ether oxygens (including phenoxy) is 2. The summed E-state index contributed by atoms with van der Waals surface area (Å²) in [5.41, 5.74) is 9.97. The first-order valence-corrected chi connectivity index (χ1v) is 10.7. The molecule has 33 heavy (non-hydrogen) atoms. The molecule has 3 N–H and O–H groups in total. The van der Waals surface area contributed by atoms with Crippen LogP contribution in [0.5, 0.6) is 6.01 Å². The molecule has 9 nitrogen and oxygen atoms in total. The number of imidazole rings is 1. The van der Waals surface area contributed by atoms with Gasteiger partial charge >= 0.3 is 11.7 Å². The first-order valence-electron chi connectivity index (χ1n) is 10.7. The highest BCUT2D eigenvalue weighted by molar-refractivity contribution is 5.81. The van der Waals surface area contributed by atoms with E-state index in [4.69, 9.17) is 15.2 Å². The Kier molecular flexibility index (Phi) is 7.01. The average molecular weight is 449 g/mol. The number of H-pyrrole nitrogens is 1. The fourth-order valence-corrected chi connectivity index (χ4v) is 3.65. The van der Waals surface area contributed by atoms with Crippen LogP contribution in [0.25, 0.3) is 11.2 Å². The Morgan fingerprint density at radius 1 is 0.970 bits per heavy atom. The number of nitrogens with zero attached hydrogens (tertiary/aromatic N) is 4. The van der Waals surface area contributed by atoms with Crippen molar-refractivity contribution in [3.05, 3.63) is 81.8 Å². The molecular formula is C24H28N6O3. The lowest BCUT2D eigenvalue weighted by Crippen LogP contribution is -2.18. The van der Waals surface area contributed by atoms with Crippen LogP contribution in [0.1, 0.15) is 16.7 Å². The number of methoxy groups -OCH3 is 1. The number of nitrogens with one attached hydrogen (secondary N) is 1. The molecule has 0 aliphatic carbocycles. The molecule has 0 aliphatic heterocycles. The zero-order chi connectivity index (χ0) is 23.2. The lowest BCUT2D eigenvalue weighted by molar-refractivity contribution is 0.141. The number of benzene rings is 2. The molecule has 2 aromatic heterocycles. The zero-order valence-corrected chi connectivity index (χ0v) is 18.8. The first-order chi connectivity index (χ1) is 16.0. The van der Waals surface area contributed by atoms with Crippen LogP contribution in [-0.4, -0.2) is 51.8 Å². The van der Waals surface area contributed by atoms with Crippen LogP contribution in [0, 0.1) is 0 Å². The monoisotopic (exact) mass is 448 g/mol. The lowest BCUT2D eigenvalue weighted by Gasteiger charge is -2.17. The Balaban J connectivity index is 1.47. The van der Waals surface area contributed by atoms with Gasteiger partial charge in [-0.15, -0.1) is 0 Å². The fraction of sp³-hybridized carbons (Fsp3) is 0.292. The number of fused-ring (bicyclic) bond motifs is 1. The standard InChI is InChI=1S/C24H28N6O3/c1-29(14-17-6-4-3-5-7-17)15-18-8-10-19(11-9-18)16-30-22-20(26-24(30)31)21(25)27-23(28-22)33-13-12-32-2/h3-11H,12-16H2,1-2H3,(H,26,31)(H2,25,27,28). The molecule has 4 aromatic rings. The van der Waals surface area contributed by atoms with Crippen LogP contribution in [-0.2, 0) is 24.4 Å². The van der Waals surface area contributed by atoms with E-state index in [-0.39, 0.29) is 24.1 Å². The van der Waals surface area contributed by atoms with E-state index in [0.717, 1.165) is 18.7 Å². The number of aromatic nitrogens is 4. The van der Waals surface area contributed by atoms with Gasteiger partial charge in [-0.05, 0) is 23.7 Å². The minimum atomic E-state index is -0.299. The third-order valence-corrected chi connectivity index (χ3v) is 5.26. The van der Waals surface area contributed by atoms with Crippen LogP contribution in [0.3, 0.4) is 0 Å². The van der Waals surface area contributed by atoms with Gasteiger partial charge in [-0.3, -0.25) is 9.47 Å². The molecule has 2 heterocycles. The van der Waals surface area contributed by atoms with Crippen molar-refractivity contribution in [1.82, 2.24) is 24.4 Å². The highest BCUT2D eigenvalue weighted by atomic mass is 16.5. The molecule has 4 rings (SSSR count). The molecule has 172 valence electrons. The minimum absolute atomic E-state index is 0.113. The minimum Gasteiger partial charge on any atom is -0.461 e. The molecule has 9 heteroatoms. The second kappa shape index (κ2) is 10.3. The Hall–Kier alpha value is -3.69. The summed E-state index contributed by atoms with van der Waals surface area (Å²) in [7, 11) is 3.68. The highest BCUT2D eigenvalue weighted by Gasteiger charge is 2.15. The third-order valence-electron chi connectivity index (χ3n) is 5.26. The van der Waals surface area contributed by atoms with E-state index >= 15 is 0 Å². The van der Waals surface area contributed by atoms with E-state index < -0.39 is 0 Å². The van der Waals surface area contributed by atoms with Crippen molar-refractivity contribution in [2.24, 2.45) is 0 Å². The second-order valence-electron chi connectivity index (χ2n) is 7.92. The van der Waals surface area contributed by atoms with E-state index in [1.807, 2.05) is 18.2 Å². The Morgan fingerprint density at radius 3 is 2.33 bits per heavy atom. The van der Waals surface area contributed by atoms with Crippen LogP contribution < -0.4 is 16.2 Å². The molecular weight excluding hydrogens is 420 g/mol. The number of hydrogen-bond acceptors (Lipinski definition) is 7. The second-order valence-corrected chi connectivity index (χ2v) is 7.92. The fourth-order valence-electron chi connectivity index (χ4n) is 3.65. The van der Waals surface area contributed by atoms with Crippen molar-refractivity contribution in [2.45, 2.75) is 19.6 Å². The molecule has 0 spiro atoms. The predicted molar refractivity (Wildman–Crippen MR) is 127 cm³/mol. The van der Waals surface area contributed by atoms with E-state index in [1.165, 1.54) is 15.7 Å². The van der Waals surface area contributed by atoms with Crippen LogP contribution in [0.15, 0.2) is 59.4 Å². The van der Waals surface area contributed by atoms with Crippen molar-refractivity contribution >= 4 is 17.0 Å². The van der Waals surface area contributed by atoms with Gasteiger partial charge in [-0.25, -0.2) is 4.79 Å². The highest BCUT2D eigenvalue weighted by Crippen LogP contribution is 2.19. The molecule has 0 aliphatic rings. The average Bonchev–Trinajstić information content (AvgIpc) is 3.12. The predicted octanol–water partition coefficient (Wildman–Crippen LogP) is 2.41. The maximum Gasteiger partial charge on any atom is 0.328 e. The number of nitrogens with two attached hydrogens (primary N) is 1. The lowest BCUT2D eigenvalue weighted by atomic mass is 10.1. The molecule has 0 atom stereocenters. The van der Waals surface area contributed by atoms with Crippen molar-refractivity contribution in [3.8, 4) is 6.01 Å². The molecule has 0 bridgehead atoms. The Bertz CT molecular complexity index is 1250. The summed E-state index contributed by atoms with van der Waals surface area (Å²) in [6.45, 7) is 2.74. The maximum atomic E-state index is 12.6. The molecule has 0 amide bonds. The van der Waals surface area contributed by atoms with Gasteiger partial charge < -0.3 is 20.2 Å². The quantitative estimate of drug-likeness (QED) is 0.358. The summed E-state index contributed by atoms with van der Waals surface area (Å²) >= 11 is 0. The van der Waals surface area contributed by atoms with Gasteiger partial charge in [0.1, 0.15) is 12.1 Å². The number of anilines is 1. The Labute approximate surface area is 191 Å². The summed E-state index contributed by atoms with van der Waals surface area (Å²) in [5.74, 6) is 0.167. The van der Waals surface area contributed by atoms with Crippen LogP contribution >= 0.6 is 0 Å². The summed E-state index contributed by atoms with van der Waals surface area (Å²) in [4.78, 5) is 26.1. The number of hydrogen-bond donors (Lipinski definition) is 2. The van der Waals surface area contributed by atoms with E-state index in [1.54, 1.807) is 7.11 Å². The molecule has 0 radical (unpaired) electrons. The van der Waals surface area contributed by atoms with Crippen molar-refractivity contribution in [3.63, 3.8) is 0 Å². The van der Waals surface area contributed by atoms with Crippen LogP contribution in [0.2, 0.25) is 0 Å². The molecule has 0 fully saturated rings. The van der Waals surface area contributed by atoms with Gasteiger partial charge in [0.05, 0.1) is 13.2 Å². The smallest absolute Gasteiger partial charge is 0.328 e. The van der Waals surface area contributed by atoms with Gasteiger partial charge in [0.25, 0.3) is 0 Å². The maximum absolute atomic E-state index is 12.6. The van der Waals surface area contributed by atoms with Gasteiger partial charge in [0.2, 0.25) is 0 Å². The summed E-state index contributed by atoms with van der Waals surface area (Å²) in [5, 5.41) is 0. The topological polar surface area (TPSA) is 111 Å². The van der Waals surface area contributed by atoms with Crippen LogP contribution in [0.4, 0.5) is 5.82 Å². The van der Waals surface area contributed by atoms with E-state index in [0.29, 0.717) is 24.3 Å². The number of nitrogen functional groups attached to an aromatic ring is 1. The molecule has 0 saturated carbocycles. The van der Waals surface area contributed by atoms with Gasteiger partial charge in [-0.1, -0.05) is 54.6 Å². The van der Waals surface area contributed by atoms with Crippen molar-refractivity contribution in [1.29, 1.82) is 0 Å². The van der Waals surface area contributed by atoms with Gasteiger partial charge in [-0.2, -0.15) is 9.97 Å². The van der Waals surface area contributed by atoms with Gasteiger partial charge in [0.15, 0.2) is 11.5 Å². The third kappa shape index (κ3) is 5.57. The Morgan fingerprint density at radius 2 is 1.64 bits per heavy atom. The van der Waals surface area contributed by atoms with Gasteiger partial charge in [0, 0.05) is 20.2 Å². The number of rotatable bonds is 10. The largest absolute Gasteiger partial charge is 0.461 e. The van der Waals surface area contributed by atoms with E-state index in [2.05, 4.69) is 63.3 Å². The molecule has 0 saturated heterocycles. The summed E-state index contributed by atoms with van der Waals surface area (Å²) in [6.07, 6.45) is 0. The summed E-state index contributed by atoms with van der Waals surface area (Å²) < 4.78 is 12.0. The molecule has 2 aromatic carbocycles. The summed E-state index contributed by atoms with van der Waals surface area (Å²) in [6, 6.07) is 18.7. The van der Waals surface area contributed by atoms with Crippen molar-refractivity contribution in [2.75, 3.05) is 33.1 Å². The normalized spacial score (nSPS) is 11.4. The molecule has 0 unspecified atom stereocenters. The van der Waals surface area contributed by atoms with Crippen molar-refractivity contribution < 1.29 is 9.47 Å². The SMILES string of the molecule is COCCOc1nc(N)c2[nH]c(=O)n(Cc3ccc(CN(C)Cc4ccccc4)cc3)c2n1. The zero-order valence-electron chi connectivity index (χ0n) is 18.8. The first kappa shape index (κ1) is 22.5. The van der Waals surface area contributed by atoms with E-state index in [9.17, 15) is 4.79 Å². The number of aromatic amines is 1.